The molecule has 0 saturated heterocycles. The third-order valence-corrected chi connectivity index (χ3v) is 3.80. The molecule has 0 fully saturated rings. The first-order chi connectivity index (χ1) is 12.1. The lowest BCUT2D eigenvalue weighted by Gasteiger charge is -2.24. The van der Waals surface area contributed by atoms with E-state index in [4.69, 9.17) is 8.83 Å². The van der Waals surface area contributed by atoms with Crippen LogP contribution in [0.3, 0.4) is 0 Å². The summed E-state index contributed by atoms with van der Waals surface area (Å²) in [7, 11) is 0. The number of benzene rings is 1. The Labute approximate surface area is 144 Å². The Bertz CT molecular complexity index is 842. The van der Waals surface area contributed by atoms with E-state index in [1.807, 2.05) is 35.2 Å². The van der Waals surface area contributed by atoms with E-state index >= 15 is 0 Å². The summed E-state index contributed by atoms with van der Waals surface area (Å²) in [5.74, 6) is 0.463. The van der Waals surface area contributed by atoms with Gasteiger partial charge >= 0.3 is 0 Å². The molecule has 0 aliphatic heterocycles. The number of hydrogen-bond acceptors (Lipinski definition) is 6. The molecule has 3 rings (SSSR count). The fourth-order valence-corrected chi connectivity index (χ4v) is 2.59. The van der Waals surface area contributed by atoms with E-state index in [9.17, 15) is 15.0 Å². The number of nitrogens with zero attached hydrogens (tertiary/aromatic N) is 1. The molecule has 25 heavy (non-hydrogen) atoms. The van der Waals surface area contributed by atoms with Gasteiger partial charge in [0.15, 0.2) is 5.75 Å². The summed E-state index contributed by atoms with van der Waals surface area (Å²) in [6.45, 7) is 1.17. The molecule has 3 aromatic rings. The lowest BCUT2D eigenvalue weighted by molar-refractivity contribution is 0.0834. The zero-order chi connectivity index (χ0) is 17.6. The zero-order valence-electron chi connectivity index (χ0n) is 13.5. The molecule has 0 amide bonds. The molecule has 2 aromatic heterocycles. The van der Waals surface area contributed by atoms with E-state index in [0.717, 1.165) is 11.8 Å². The molecule has 0 bridgehead atoms. The molecular weight excluding hydrogens is 322 g/mol. The van der Waals surface area contributed by atoms with Gasteiger partial charge in [0.05, 0.1) is 12.8 Å². The molecule has 2 N–H and O–H groups in total. The van der Waals surface area contributed by atoms with Crippen molar-refractivity contribution in [3.8, 4) is 5.75 Å². The average molecular weight is 341 g/mol. The van der Waals surface area contributed by atoms with E-state index in [2.05, 4.69) is 0 Å². The zero-order valence-corrected chi connectivity index (χ0v) is 13.5. The van der Waals surface area contributed by atoms with Gasteiger partial charge in [0.25, 0.3) is 0 Å². The van der Waals surface area contributed by atoms with E-state index in [1.54, 1.807) is 12.1 Å². The number of aliphatic hydroxyl groups excluding tert-OH is 1. The molecule has 0 spiro atoms. The molecular formula is C19H19NO5. The Kier molecular flexibility index (Phi) is 5.33. The Morgan fingerprint density at radius 2 is 1.84 bits per heavy atom. The number of furan rings is 1. The first-order valence-corrected chi connectivity index (χ1v) is 7.90. The van der Waals surface area contributed by atoms with Gasteiger partial charge in [-0.25, -0.2) is 0 Å². The van der Waals surface area contributed by atoms with Crippen LogP contribution < -0.4 is 5.43 Å². The summed E-state index contributed by atoms with van der Waals surface area (Å²) in [5.41, 5.74) is 0.572. The van der Waals surface area contributed by atoms with Crippen molar-refractivity contribution in [1.82, 2.24) is 4.90 Å². The highest BCUT2D eigenvalue weighted by Crippen LogP contribution is 2.18. The summed E-state index contributed by atoms with van der Waals surface area (Å²) in [4.78, 5) is 13.5. The van der Waals surface area contributed by atoms with Crippen molar-refractivity contribution in [1.29, 1.82) is 0 Å². The largest absolute Gasteiger partial charge is 0.502 e. The van der Waals surface area contributed by atoms with Crippen LogP contribution in [0.25, 0.3) is 0 Å². The van der Waals surface area contributed by atoms with Gasteiger partial charge in [-0.2, -0.15) is 0 Å². The quantitative estimate of drug-likeness (QED) is 0.687. The maximum absolute atomic E-state index is 11.6. The molecule has 130 valence electrons. The smallest absolute Gasteiger partial charge is 0.226 e. The van der Waals surface area contributed by atoms with Crippen LogP contribution in [-0.4, -0.2) is 21.7 Å². The van der Waals surface area contributed by atoms with Crippen molar-refractivity contribution >= 4 is 0 Å². The third-order valence-electron chi connectivity index (χ3n) is 3.80. The minimum absolute atomic E-state index is 0.299. The average Bonchev–Trinajstić information content (AvgIpc) is 3.14. The van der Waals surface area contributed by atoms with Gasteiger partial charge in [0.2, 0.25) is 5.43 Å². The van der Waals surface area contributed by atoms with Gasteiger partial charge in [-0.05, 0) is 17.7 Å². The van der Waals surface area contributed by atoms with Crippen molar-refractivity contribution in [2.24, 2.45) is 0 Å². The first-order valence-electron chi connectivity index (χ1n) is 7.90. The minimum Gasteiger partial charge on any atom is -0.502 e. The van der Waals surface area contributed by atoms with Crippen LogP contribution >= 0.6 is 0 Å². The Morgan fingerprint density at radius 1 is 1.04 bits per heavy atom. The third kappa shape index (κ3) is 4.59. The second kappa shape index (κ2) is 7.83. The van der Waals surface area contributed by atoms with Crippen LogP contribution in [0.15, 0.2) is 74.7 Å². The van der Waals surface area contributed by atoms with Gasteiger partial charge < -0.3 is 19.0 Å². The van der Waals surface area contributed by atoms with E-state index in [0.29, 0.717) is 31.2 Å². The molecule has 6 nitrogen and oxygen atoms in total. The van der Waals surface area contributed by atoms with Crippen LogP contribution in [-0.2, 0) is 13.1 Å². The standard InChI is InChI=1S/C19H19NO5/c21-16-9-15(25-13-18(16)23)11-20(10-14-5-2-1-3-6-14)12-17(22)19-7-4-8-24-19/h1-9,13,17,22-23H,10-12H2/t17-/m1/s1. The van der Waals surface area contributed by atoms with Crippen molar-refractivity contribution in [3.05, 3.63) is 88.4 Å². The second-order valence-electron chi connectivity index (χ2n) is 5.78. The lowest BCUT2D eigenvalue weighted by atomic mass is 10.2. The molecule has 6 heteroatoms. The van der Waals surface area contributed by atoms with E-state index in [1.165, 1.54) is 12.3 Å². The maximum atomic E-state index is 11.6. The van der Waals surface area contributed by atoms with Gasteiger partial charge in [-0.1, -0.05) is 30.3 Å². The summed E-state index contributed by atoms with van der Waals surface area (Å²) in [5, 5.41) is 19.7. The normalized spacial score (nSPS) is 12.4. The van der Waals surface area contributed by atoms with Gasteiger partial charge in [0, 0.05) is 19.2 Å². The van der Waals surface area contributed by atoms with Crippen molar-refractivity contribution in [2.45, 2.75) is 19.2 Å². The molecule has 0 aliphatic carbocycles. The Hall–Kier alpha value is -2.83. The number of rotatable bonds is 7. The number of aromatic hydroxyl groups is 1. The summed E-state index contributed by atoms with van der Waals surface area (Å²) in [6.07, 6.45) is 1.74. The van der Waals surface area contributed by atoms with Gasteiger partial charge in [-0.15, -0.1) is 0 Å². The van der Waals surface area contributed by atoms with Crippen molar-refractivity contribution in [2.75, 3.05) is 6.54 Å². The molecule has 2 heterocycles. The second-order valence-corrected chi connectivity index (χ2v) is 5.78. The van der Waals surface area contributed by atoms with E-state index < -0.39 is 17.3 Å². The van der Waals surface area contributed by atoms with Crippen molar-refractivity contribution < 1.29 is 19.0 Å². The minimum atomic E-state index is -0.803. The first kappa shape index (κ1) is 17.0. The molecule has 0 radical (unpaired) electrons. The topological polar surface area (TPSA) is 87.1 Å². The van der Waals surface area contributed by atoms with Crippen molar-refractivity contribution in [3.63, 3.8) is 0 Å². The highest BCUT2D eigenvalue weighted by atomic mass is 16.4. The molecule has 0 aliphatic rings. The highest BCUT2D eigenvalue weighted by molar-refractivity contribution is 5.17. The van der Waals surface area contributed by atoms with Crippen LogP contribution in [0, 0.1) is 0 Å². The predicted octanol–water partition coefficient (Wildman–Crippen LogP) is 2.67. The Morgan fingerprint density at radius 3 is 2.52 bits per heavy atom. The van der Waals surface area contributed by atoms with E-state index in [-0.39, 0.29) is 0 Å². The number of aliphatic hydroxyl groups is 1. The maximum Gasteiger partial charge on any atom is 0.226 e. The summed E-state index contributed by atoms with van der Waals surface area (Å²) < 4.78 is 10.5. The Balaban J connectivity index is 1.77. The van der Waals surface area contributed by atoms with Crippen LogP contribution in [0.5, 0.6) is 5.75 Å². The van der Waals surface area contributed by atoms with Crippen LogP contribution in [0.1, 0.15) is 23.2 Å². The molecule has 0 unspecified atom stereocenters. The van der Waals surface area contributed by atoms with Gasteiger partial charge in [-0.3, -0.25) is 9.69 Å². The molecule has 0 saturated carbocycles. The van der Waals surface area contributed by atoms with Gasteiger partial charge in [0.1, 0.15) is 23.9 Å². The highest BCUT2D eigenvalue weighted by Gasteiger charge is 2.18. The number of hydrogen-bond donors (Lipinski definition) is 2. The van der Waals surface area contributed by atoms with Crippen LogP contribution in [0.4, 0.5) is 0 Å². The van der Waals surface area contributed by atoms with Crippen LogP contribution in [0.2, 0.25) is 0 Å². The monoisotopic (exact) mass is 341 g/mol. The summed E-state index contributed by atoms with van der Waals surface area (Å²) >= 11 is 0. The SMILES string of the molecule is O=c1cc(CN(Cc2ccccc2)C[C@@H](O)c2ccco2)occ1O. The lowest BCUT2D eigenvalue weighted by Crippen LogP contribution is -2.28. The predicted molar refractivity (Wildman–Crippen MR) is 90.9 cm³/mol. The molecule has 1 aromatic carbocycles. The summed E-state index contributed by atoms with van der Waals surface area (Å²) in [6, 6.07) is 14.5. The fraction of sp³-hybridized carbons (Fsp3) is 0.211. The molecule has 1 atom stereocenters. The fourth-order valence-electron chi connectivity index (χ4n) is 2.59.